The first-order chi connectivity index (χ1) is 11.9. The second kappa shape index (κ2) is 7.21. The highest BCUT2D eigenvalue weighted by atomic mass is 35.5. The van der Waals surface area contributed by atoms with E-state index in [1.165, 1.54) is 0 Å². The molecule has 3 rings (SSSR count). The van der Waals surface area contributed by atoms with Crippen LogP contribution in [0.15, 0.2) is 42.5 Å². The van der Waals surface area contributed by atoms with Crippen LogP contribution in [0, 0.1) is 5.92 Å². The number of aromatic amines is 1. The van der Waals surface area contributed by atoms with E-state index in [2.05, 4.69) is 20.6 Å². The number of nitrogens with one attached hydrogen (secondary N) is 3. The van der Waals surface area contributed by atoms with Crippen molar-refractivity contribution in [2.24, 2.45) is 5.92 Å². The lowest BCUT2D eigenvalue weighted by Gasteiger charge is -2.13. The van der Waals surface area contributed by atoms with E-state index in [-0.39, 0.29) is 16.9 Å². The highest BCUT2D eigenvalue weighted by Crippen LogP contribution is 2.28. The molecule has 0 aliphatic rings. The Kier molecular flexibility index (Phi) is 5.01. The Balaban J connectivity index is 1.85. The lowest BCUT2D eigenvalue weighted by Crippen LogP contribution is -2.36. The van der Waals surface area contributed by atoms with Crippen LogP contribution in [0.4, 0.5) is 5.69 Å². The Bertz CT molecular complexity index is 918. The highest BCUT2D eigenvalue weighted by molar-refractivity contribution is 7.80. The molecule has 0 atom stereocenters. The zero-order valence-electron chi connectivity index (χ0n) is 13.8. The summed E-state index contributed by atoms with van der Waals surface area (Å²) < 4.78 is 0. The summed E-state index contributed by atoms with van der Waals surface area (Å²) in [5.41, 5.74) is 3.32. The number of hydrogen-bond donors (Lipinski definition) is 3. The van der Waals surface area contributed by atoms with Crippen LogP contribution in [0.2, 0.25) is 5.02 Å². The van der Waals surface area contributed by atoms with Crippen molar-refractivity contribution in [3.63, 3.8) is 0 Å². The molecule has 0 aliphatic carbocycles. The summed E-state index contributed by atoms with van der Waals surface area (Å²) in [7, 11) is 0. The number of carbonyl (C=O) groups is 1. The average molecular weight is 373 g/mol. The van der Waals surface area contributed by atoms with Gasteiger partial charge in [-0.2, -0.15) is 0 Å². The molecule has 0 spiro atoms. The minimum Gasteiger partial charge on any atom is -0.338 e. The van der Waals surface area contributed by atoms with E-state index >= 15 is 0 Å². The molecule has 25 heavy (non-hydrogen) atoms. The van der Waals surface area contributed by atoms with Gasteiger partial charge in [-0.3, -0.25) is 4.79 Å². The average Bonchev–Trinajstić information content (AvgIpc) is 3.00. The maximum Gasteiger partial charge on any atom is 0.228 e. The first kappa shape index (κ1) is 17.4. The Hall–Kier alpha value is -2.44. The third-order valence-corrected chi connectivity index (χ3v) is 4.17. The predicted octanol–water partition coefficient (Wildman–Crippen LogP) is 4.35. The maximum atomic E-state index is 11.7. The van der Waals surface area contributed by atoms with E-state index < -0.39 is 0 Å². The molecule has 3 aromatic rings. The van der Waals surface area contributed by atoms with Crippen molar-refractivity contribution in [2.75, 3.05) is 5.32 Å². The Morgan fingerprint density at radius 3 is 2.72 bits per heavy atom. The fourth-order valence-electron chi connectivity index (χ4n) is 2.27. The van der Waals surface area contributed by atoms with Gasteiger partial charge < -0.3 is 15.6 Å². The van der Waals surface area contributed by atoms with Gasteiger partial charge in [0.25, 0.3) is 0 Å². The van der Waals surface area contributed by atoms with Crippen molar-refractivity contribution < 1.29 is 4.79 Å². The second-order valence-electron chi connectivity index (χ2n) is 5.90. The second-order valence-corrected chi connectivity index (χ2v) is 6.71. The zero-order chi connectivity index (χ0) is 18.0. The Morgan fingerprint density at radius 2 is 2.00 bits per heavy atom. The number of fused-ring (bicyclic) bond motifs is 1. The molecule has 2 aromatic carbocycles. The van der Waals surface area contributed by atoms with E-state index in [1.807, 2.05) is 36.4 Å². The number of aromatic nitrogens is 2. The monoisotopic (exact) mass is 372 g/mol. The number of carbonyl (C=O) groups excluding carboxylic acids is 1. The van der Waals surface area contributed by atoms with Crippen molar-refractivity contribution in [1.82, 2.24) is 15.3 Å². The number of imidazole rings is 1. The summed E-state index contributed by atoms with van der Waals surface area (Å²) in [5.74, 6) is 0.428. The number of anilines is 1. The summed E-state index contributed by atoms with van der Waals surface area (Å²) in [6.45, 7) is 3.60. The molecule has 128 valence electrons. The van der Waals surface area contributed by atoms with Gasteiger partial charge >= 0.3 is 0 Å². The molecule has 5 nitrogen and oxygen atoms in total. The highest BCUT2D eigenvalue weighted by Gasteiger charge is 2.12. The Morgan fingerprint density at radius 1 is 1.24 bits per heavy atom. The minimum absolute atomic E-state index is 0.151. The van der Waals surface area contributed by atoms with Crippen LogP contribution in [0.25, 0.3) is 22.4 Å². The molecule has 0 bridgehead atoms. The summed E-state index contributed by atoms with van der Waals surface area (Å²) in [6, 6.07) is 13.3. The maximum absolute atomic E-state index is 11.7. The van der Waals surface area contributed by atoms with Crippen LogP contribution in [0.3, 0.4) is 0 Å². The SMILES string of the molecule is CC(C)C(=O)NC(=S)Nc1cc(-c2nc3ccccc3[nH]2)ccc1Cl. The molecular formula is C18H17ClN4OS. The first-order valence-corrected chi connectivity index (χ1v) is 8.59. The topological polar surface area (TPSA) is 69.8 Å². The van der Waals surface area contributed by atoms with E-state index in [9.17, 15) is 4.79 Å². The van der Waals surface area contributed by atoms with Crippen LogP contribution < -0.4 is 10.6 Å². The van der Waals surface area contributed by atoms with Gasteiger partial charge in [-0.15, -0.1) is 0 Å². The first-order valence-electron chi connectivity index (χ1n) is 7.80. The summed E-state index contributed by atoms with van der Waals surface area (Å²) in [4.78, 5) is 19.6. The van der Waals surface area contributed by atoms with Gasteiger partial charge in [0.2, 0.25) is 5.91 Å². The van der Waals surface area contributed by atoms with Gasteiger partial charge in [0.15, 0.2) is 5.11 Å². The molecule has 1 heterocycles. The summed E-state index contributed by atoms with van der Waals surface area (Å²) in [5, 5.41) is 6.31. The molecule has 1 aromatic heterocycles. The van der Waals surface area contributed by atoms with Crippen molar-refractivity contribution in [1.29, 1.82) is 0 Å². The molecule has 0 unspecified atom stereocenters. The number of halogens is 1. The fourth-order valence-corrected chi connectivity index (χ4v) is 2.64. The van der Waals surface area contributed by atoms with E-state index in [1.54, 1.807) is 19.9 Å². The molecular weight excluding hydrogens is 356 g/mol. The van der Waals surface area contributed by atoms with Crippen molar-refractivity contribution >= 4 is 51.6 Å². The van der Waals surface area contributed by atoms with Crippen LogP contribution in [-0.4, -0.2) is 21.0 Å². The lowest BCUT2D eigenvalue weighted by atomic mass is 10.2. The quantitative estimate of drug-likeness (QED) is 0.598. The van der Waals surface area contributed by atoms with Crippen molar-refractivity contribution in [3.8, 4) is 11.4 Å². The molecule has 7 heteroatoms. The van der Waals surface area contributed by atoms with Gasteiger partial charge in [-0.25, -0.2) is 4.98 Å². The van der Waals surface area contributed by atoms with Gasteiger partial charge in [0, 0.05) is 11.5 Å². The normalized spacial score (nSPS) is 10.9. The van der Waals surface area contributed by atoms with Gasteiger partial charge in [-0.05, 0) is 42.5 Å². The number of hydrogen-bond acceptors (Lipinski definition) is 3. The molecule has 0 fully saturated rings. The minimum atomic E-state index is -0.155. The molecule has 0 aliphatic heterocycles. The van der Waals surface area contributed by atoms with Gasteiger partial charge in [-0.1, -0.05) is 37.6 Å². The number of amides is 1. The van der Waals surface area contributed by atoms with Gasteiger partial charge in [0.05, 0.1) is 21.7 Å². The molecule has 1 amide bonds. The lowest BCUT2D eigenvalue weighted by molar-refractivity contribution is -0.122. The largest absolute Gasteiger partial charge is 0.338 e. The number of rotatable bonds is 3. The number of benzene rings is 2. The molecule has 3 N–H and O–H groups in total. The van der Waals surface area contributed by atoms with Crippen LogP contribution in [0.1, 0.15) is 13.8 Å². The fraction of sp³-hybridized carbons (Fsp3) is 0.167. The molecule has 0 radical (unpaired) electrons. The third-order valence-electron chi connectivity index (χ3n) is 3.64. The zero-order valence-corrected chi connectivity index (χ0v) is 15.3. The Labute approximate surface area is 155 Å². The molecule has 0 saturated heterocycles. The summed E-state index contributed by atoms with van der Waals surface area (Å²) in [6.07, 6.45) is 0. The third kappa shape index (κ3) is 3.97. The van der Waals surface area contributed by atoms with Gasteiger partial charge in [0.1, 0.15) is 5.82 Å². The van der Waals surface area contributed by atoms with Crippen LogP contribution >= 0.6 is 23.8 Å². The predicted molar refractivity (Wildman–Crippen MR) is 106 cm³/mol. The van der Waals surface area contributed by atoms with E-state index in [0.717, 1.165) is 22.4 Å². The smallest absolute Gasteiger partial charge is 0.228 e. The molecule has 0 saturated carbocycles. The van der Waals surface area contributed by atoms with Crippen LogP contribution in [-0.2, 0) is 4.79 Å². The number of nitrogens with zero attached hydrogens (tertiary/aromatic N) is 1. The summed E-state index contributed by atoms with van der Waals surface area (Å²) >= 11 is 11.4. The van der Waals surface area contributed by atoms with E-state index in [0.29, 0.717) is 10.7 Å². The van der Waals surface area contributed by atoms with Crippen molar-refractivity contribution in [3.05, 3.63) is 47.5 Å². The van der Waals surface area contributed by atoms with Crippen molar-refractivity contribution in [2.45, 2.75) is 13.8 Å². The van der Waals surface area contributed by atoms with Crippen LogP contribution in [0.5, 0.6) is 0 Å². The number of H-pyrrole nitrogens is 1. The number of para-hydroxylation sites is 2. The number of thiocarbonyl (C=S) groups is 1. The standard InChI is InChI=1S/C18H17ClN4OS/c1-10(2)17(24)23-18(25)22-15-9-11(7-8-12(15)19)16-20-13-5-3-4-6-14(13)21-16/h3-10H,1-2H3,(H,20,21)(H2,22,23,24,25). The van der Waals surface area contributed by atoms with E-state index in [4.69, 9.17) is 23.8 Å².